The number of rotatable bonds is 6. The van der Waals surface area contributed by atoms with Gasteiger partial charge in [-0.3, -0.25) is 4.79 Å². The number of aryl methyl sites for hydroxylation is 1. The fraction of sp³-hybridized carbons (Fsp3) is 0.533. The first-order valence-corrected chi connectivity index (χ1v) is 8.84. The number of nitrogens with zero attached hydrogens (tertiary/aromatic N) is 1. The second kappa shape index (κ2) is 6.58. The maximum Gasteiger partial charge on any atom is 0.240 e. The van der Waals surface area contributed by atoms with E-state index in [0.29, 0.717) is 19.5 Å². The first-order chi connectivity index (χ1) is 9.95. The van der Waals surface area contributed by atoms with Gasteiger partial charge in [0.05, 0.1) is 4.90 Å². The summed E-state index contributed by atoms with van der Waals surface area (Å²) in [6.07, 6.45) is 3.19. The number of benzene rings is 1. The highest BCUT2D eigenvalue weighted by molar-refractivity contribution is 7.89. The van der Waals surface area contributed by atoms with Gasteiger partial charge in [-0.2, -0.15) is 0 Å². The van der Waals surface area contributed by atoms with Gasteiger partial charge < -0.3 is 4.90 Å². The van der Waals surface area contributed by atoms with Crippen LogP contribution in [-0.2, 0) is 14.8 Å². The highest BCUT2D eigenvalue weighted by Crippen LogP contribution is 2.27. The van der Waals surface area contributed by atoms with E-state index in [0.717, 1.165) is 30.5 Å². The van der Waals surface area contributed by atoms with Crippen molar-refractivity contribution in [3.8, 4) is 0 Å². The van der Waals surface area contributed by atoms with Gasteiger partial charge in [0.1, 0.15) is 0 Å². The number of carbonyl (C=O) groups excluding carboxylic acids is 1. The van der Waals surface area contributed by atoms with E-state index in [9.17, 15) is 13.2 Å². The molecule has 2 rings (SSSR count). The van der Waals surface area contributed by atoms with Gasteiger partial charge in [0.25, 0.3) is 0 Å². The van der Waals surface area contributed by atoms with E-state index >= 15 is 0 Å². The standard InChI is InChI=1S/C15H22N2O3S/c1-3-4-9-16-21(19,20)13-7-8-14(12(2)11-13)17-10-5-6-15(17)18/h7-8,11,16H,3-6,9-10H2,1-2H3. The zero-order chi connectivity index (χ0) is 15.5. The van der Waals surface area contributed by atoms with Crippen LogP contribution in [-0.4, -0.2) is 27.4 Å². The SMILES string of the molecule is CCCCNS(=O)(=O)c1ccc(N2CCCC2=O)c(C)c1. The molecule has 1 heterocycles. The molecule has 5 nitrogen and oxygen atoms in total. The molecule has 1 aliphatic rings. The number of unbranched alkanes of at least 4 members (excludes halogenated alkanes) is 1. The molecular formula is C15H22N2O3S. The van der Waals surface area contributed by atoms with Crippen LogP contribution in [0.1, 0.15) is 38.2 Å². The number of anilines is 1. The fourth-order valence-corrected chi connectivity index (χ4v) is 3.63. The van der Waals surface area contributed by atoms with Crippen LogP contribution in [0.2, 0.25) is 0 Å². The third kappa shape index (κ3) is 3.63. The lowest BCUT2D eigenvalue weighted by Crippen LogP contribution is -2.26. The third-order valence-electron chi connectivity index (χ3n) is 3.67. The van der Waals surface area contributed by atoms with Crippen molar-refractivity contribution in [3.05, 3.63) is 23.8 Å². The van der Waals surface area contributed by atoms with E-state index in [2.05, 4.69) is 4.72 Å². The summed E-state index contributed by atoms with van der Waals surface area (Å²) in [7, 11) is -3.46. The lowest BCUT2D eigenvalue weighted by molar-refractivity contribution is -0.117. The largest absolute Gasteiger partial charge is 0.312 e. The summed E-state index contributed by atoms with van der Waals surface area (Å²) in [5, 5.41) is 0. The normalized spacial score (nSPS) is 15.7. The third-order valence-corrected chi connectivity index (χ3v) is 5.12. The summed E-state index contributed by atoms with van der Waals surface area (Å²) in [6, 6.07) is 4.93. The first kappa shape index (κ1) is 16.0. The molecule has 1 amide bonds. The molecule has 1 N–H and O–H groups in total. The number of nitrogens with one attached hydrogen (secondary N) is 1. The fourth-order valence-electron chi connectivity index (χ4n) is 2.47. The van der Waals surface area contributed by atoms with E-state index < -0.39 is 10.0 Å². The smallest absolute Gasteiger partial charge is 0.240 e. The number of hydrogen-bond acceptors (Lipinski definition) is 3. The second-order valence-electron chi connectivity index (χ2n) is 5.35. The maximum atomic E-state index is 12.2. The van der Waals surface area contributed by atoms with Gasteiger partial charge in [0, 0.05) is 25.2 Å². The van der Waals surface area contributed by atoms with E-state index in [4.69, 9.17) is 0 Å². The summed E-state index contributed by atoms with van der Waals surface area (Å²) in [5.41, 5.74) is 1.62. The van der Waals surface area contributed by atoms with Crippen LogP contribution in [0.3, 0.4) is 0 Å². The van der Waals surface area contributed by atoms with Crippen LogP contribution in [0, 0.1) is 6.92 Å². The summed E-state index contributed by atoms with van der Waals surface area (Å²) < 4.78 is 26.9. The molecule has 1 aromatic carbocycles. The van der Waals surface area contributed by atoms with Gasteiger partial charge >= 0.3 is 0 Å². The predicted octanol–water partition coefficient (Wildman–Crippen LogP) is 2.20. The highest BCUT2D eigenvalue weighted by atomic mass is 32.2. The number of hydrogen-bond donors (Lipinski definition) is 1. The molecule has 1 aliphatic heterocycles. The quantitative estimate of drug-likeness (QED) is 0.819. The Labute approximate surface area is 126 Å². The lowest BCUT2D eigenvalue weighted by Gasteiger charge is -2.19. The second-order valence-corrected chi connectivity index (χ2v) is 7.12. The molecule has 0 radical (unpaired) electrons. The monoisotopic (exact) mass is 310 g/mol. The molecule has 1 aromatic rings. The van der Waals surface area contributed by atoms with Crippen LogP contribution in [0.15, 0.2) is 23.1 Å². The summed E-state index contributed by atoms with van der Waals surface area (Å²) in [6.45, 7) is 5.01. The molecule has 6 heteroatoms. The lowest BCUT2D eigenvalue weighted by atomic mass is 10.2. The molecule has 0 spiro atoms. The van der Waals surface area contributed by atoms with Crippen molar-refractivity contribution < 1.29 is 13.2 Å². The van der Waals surface area contributed by atoms with Crippen molar-refractivity contribution in [1.29, 1.82) is 0 Å². The average Bonchev–Trinajstić information content (AvgIpc) is 2.85. The number of carbonyl (C=O) groups is 1. The first-order valence-electron chi connectivity index (χ1n) is 7.36. The Morgan fingerprint density at radius 1 is 1.33 bits per heavy atom. The van der Waals surface area contributed by atoms with E-state index in [1.165, 1.54) is 0 Å². The highest BCUT2D eigenvalue weighted by Gasteiger charge is 2.24. The van der Waals surface area contributed by atoms with Crippen molar-refractivity contribution in [2.24, 2.45) is 0 Å². The van der Waals surface area contributed by atoms with E-state index in [-0.39, 0.29) is 10.8 Å². The Morgan fingerprint density at radius 2 is 2.10 bits per heavy atom. The van der Waals surface area contributed by atoms with Crippen molar-refractivity contribution >= 4 is 21.6 Å². The summed E-state index contributed by atoms with van der Waals surface area (Å²) >= 11 is 0. The van der Waals surface area contributed by atoms with E-state index in [1.54, 1.807) is 23.1 Å². The molecule has 1 saturated heterocycles. The number of amides is 1. The van der Waals surface area contributed by atoms with Crippen LogP contribution < -0.4 is 9.62 Å². The molecular weight excluding hydrogens is 288 g/mol. The number of sulfonamides is 1. The molecule has 21 heavy (non-hydrogen) atoms. The van der Waals surface area contributed by atoms with Crippen molar-refractivity contribution in [1.82, 2.24) is 4.72 Å². The van der Waals surface area contributed by atoms with Crippen molar-refractivity contribution in [3.63, 3.8) is 0 Å². The van der Waals surface area contributed by atoms with Gasteiger partial charge in [-0.05, 0) is 43.5 Å². The van der Waals surface area contributed by atoms with Gasteiger partial charge in [0.15, 0.2) is 0 Å². The molecule has 0 unspecified atom stereocenters. The van der Waals surface area contributed by atoms with Gasteiger partial charge in [0.2, 0.25) is 15.9 Å². The Kier molecular flexibility index (Phi) is 5.00. The Balaban J connectivity index is 2.20. The van der Waals surface area contributed by atoms with Crippen LogP contribution in [0.5, 0.6) is 0 Å². The predicted molar refractivity (Wildman–Crippen MR) is 82.9 cm³/mol. The van der Waals surface area contributed by atoms with E-state index in [1.807, 2.05) is 13.8 Å². The van der Waals surface area contributed by atoms with Crippen LogP contribution in [0.25, 0.3) is 0 Å². The zero-order valence-electron chi connectivity index (χ0n) is 12.6. The topological polar surface area (TPSA) is 66.5 Å². The molecule has 116 valence electrons. The molecule has 0 bridgehead atoms. The Morgan fingerprint density at radius 3 is 2.67 bits per heavy atom. The molecule has 0 saturated carbocycles. The van der Waals surface area contributed by atoms with Gasteiger partial charge in [-0.25, -0.2) is 13.1 Å². The molecule has 0 aromatic heterocycles. The summed E-state index contributed by atoms with van der Waals surface area (Å²) in [5.74, 6) is 0.106. The Hall–Kier alpha value is -1.40. The molecule has 0 atom stereocenters. The molecule has 0 aliphatic carbocycles. The summed E-state index contributed by atoms with van der Waals surface area (Å²) in [4.78, 5) is 13.8. The van der Waals surface area contributed by atoms with Crippen LogP contribution >= 0.6 is 0 Å². The minimum absolute atomic E-state index is 0.106. The minimum Gasteiger partial charge on any atom is -0.312 e. The van der Waals surface area contributed by atoms with Crippen molar-refractivity contribution in [2.45, 2.75) is 44.4 Å². The van der Waals surface area contributed by atoms with Gasteiger partial charge in [-0.1, -0.05) is 13.3 Å². The Bertz CT molecular complexity index is 626. The zero-order valence-corrected chi connectivity index (χ0v) is 13.4. The average molecular weight is 310 g/mol. The van der Waals surface area contributed by atoms with Crippen molar-refractivity contribution in [2.75, 3.05) is 18.0 Å². The van der Waals surface area contributed by atoms with Crippen LogP contribution in [0.4, 0.5) is 5.69 Å². The maximum absolute atomic E-state index is 12.2. The molecule has 1 fully saturated rings. The van der Waals surface area contributed by atoms with Gasteiger partial charge in [-0.15, -0.1) is 0 Å². The minimum atomic E-state index is -3.46.